The van der Waals surface area contributed by atoms with E-state index in [1.165, 1.54) is 31.7 Å². The third kappa shape index (κ3) is 4.10. The van der Waals surface area contributed by atoms with Gasteiger partial charge >= 0.3 is 0 Å². The summed E-state index contributed by atoms with van der Waals surface area (Å²) in [7, 11) is 0.569. The number of rotatable bonds is 4. The Labute approximate surface area is 83.3 Å². The molecule has 0 saturated heterocycles. The van der Waals surface area contributed by atoms with Gasteiger partial charge in [-0.1, -0.05) is 12.2 Å². The highest BCUT2D eigenvalue weighted by Crippen LogP contribution is 2.25. The highest BCUT2D eigenvalue weighted by Gasteiger charge is 2.21. The summed E-state index contributed by atoms with van der Waals surface area (Å²) in [6.07, 6.45) is 10.2. The number of hydrogen-bond donors (Lipinski definition) is 0. The summed E-state index contributed by atoms with van der Waals surface area (Å²) >= 11 is 0. The summed E-state index contributed by atoms with van der Waals surface area (Å²) in [6.45, 7) is 4.61. The molecular weight excluding hydrogens is 176 g/mol. The predicted octanol–water partition coefficient (Wildman–Crippen LogP) is 3.58. The van der Waals surface area contributed by atoms with Gasteiger partial charge in [0.15, 0.2) is 8.32 Å². The fraction of sp³-hybridized carbons (Fsp3) is 0.818. The van der Waals surface area contributed by atoms with Crippen molar-refractivity contribution >= 4 is 8.32 Å². The molecule has 0 heterocycles. The Morgan fingerprint density at radius 2 is 2.23 bits per heavy atom. The van der Waals surface area contributed by atoms with Crippen LogP contribution >= 0.6 is 0 Å². The van der Waals surface area contributed by atoms with Crippen LogP contribution in [0.15, 0.2) is 12.2 Å². The van der Waals surface area contributed by atoms with Crippen LogP contribution in [-0.4, -0.2) is 15.4 Å². The van der Waals surface area contributed by atoms with Crippen molar-refractivity contribution in [2.75, 3.05) is 7.11 Å². The zero-order chi connectivity index (χ0) is 9.73. The van der Waals surface area contributed by atoms with Gasteiger partial charge in [0.25, 0.3) is 0 Å². The fourth-order valence-electron chi connectivity index (χ4n) is 1.76. The summed E-state index contributed by atoms with van der Waals surface area (Å²) in [5.41, 5.74) is 0. The van der Waals surface area contributed by atoms with Crippen molar-refractivity contribution in [2.24, 2.45) is 5.92 Å². The molecule has 2 heteroatoms. The van der Waals surface area contributed by atoms with Gasteiger partial charge in [-0.3, -0.25) is 0 Å². The Bertz CT molecular complexity index is 175. The fourth-order valence-corrected chi connectivity index (χ4v) is 3.03. The highest BCUT2D eigenvalue weighted by atomic mass is 28.4. The molecular formula is C11H22OSi. The zero-order valence-corrected chi connectivity index (χ0v) is 10.2. The van der Waals surface area contributed by atoms with Crippen LogP contribution in [0.2, 0.25) is 19.1 Å². The molecule has 1 atom stereocenters. The second-order valence-electron chi connectivity index (χ2n) is 4.62. The summed E-state index contributed by atoms with van der Waals surface area (Å²) < 4.78 is 5.54. The van der Waals surface area contributed by atoms with Crippen LogP contribution in [0.25, 0.3) is 0 Å². The Balaban J connectivity index is 2.25. The van der Waals surface area contributed by atoms with Gasteiger partial charge in [0.1, 0.15) is 0 Å². The molecule has 0 radical (unpaired) electrons. The summed E-state index contributed by atoms with van der Waals surface area (Å²) in [5, 5.41) is 0. The summed E-state index contributed by atoms with van der Waals surface area (Å²) in [5.74, 6) is 0.843. The highest BCUT2D eigenvalue weighted by molar-refractivity contribution is 6.71. The molecule has 0 amide bonds. The first-order valence-corrected chi connectivity index (χ1v) is 8.47. The average molecular weight is 198 g/mol. The van der Waals surface area contributed by atoms with E-state index < -0.39 is 8.32 Å². The van der Waals surface area contributed by atoms with Crippen LogP contribution in [0, 0.1) is 5.92 Å². The second kappa shape index (κ2) is 4.96. The molecule has 1 aliphatic carbocycles. The maximum absolute atomic E-state index is 5.54. The predicted molar refractivity (Wildman–Crippen MR) is 60.4 cm³/mol. The SMILES string of the molecule is CO[Si](C)(C)CCC1C=CCCC1. The third-order valence-corrected chi connectivity index (χ3v) is 5.62. The van der Waals surface area contributed by atoms with E-state index >= 15 is 0 Å². The smallest absolute Gasteiger partial charge is 0.186 e. The van der Waals surface area contributed by atoms with E-state index in [0.717, 1.165) is 5.92 Å². The Morgan fingerprint density at radius 3 is 2.77 bits per heavy atom. The van der Waals surface area contributed by atoms with E-state index in [9.17, 15) is 0 Å². The molecule has 1 nitrogen and oxygen atoms in total. The lowest BCUT2D eigenvalue weighted by molar-refractivity contribution is 0.395. The molecule has 76 valence electrons. The Morgan fingerprint density at radius 1 is 1.46 bits per heavy atom. The van der Waals surface area contributed by atoms with Crippen molar-refractivity contribution in [3.8, 4) is 0 Å². The maximum Gasteiger partial charge on any atom is 0.186 e. The monoisotopic (exact) mass is 198 g/mol. The van der Waals surface area contributed by atoms with Gasteiger partial charge in [0.2, 0.25) is 0 Å². The Kier molecular flexibility index (Phi) is 4.20. The standard InChI is InChI=1S/C11H22OSi/c1-12-13(2,3)10-9-11-7-5-4-6-8-11/h5,7,11H,4,6,8-10H2,1-3H3. The second-order valence-corrected chi connectivity index (χ2v) is 9.05. The minimum absolute atomic E-state index is 0.843. The summed E-state index contributed by atoms with van der Waals surface area (Å²) in [4.78, 5) is 0. The van der Waals surface area contributed by atoms with Crippen LogP contribution in [0.4, 0.5) is 0 Å². The van der Waals surface area contributed by atoms with Gasteiger partial charge in [0, 0.05) is 7.11 Å². The third-order valence-electron chi connectivity index (χ3n) is 3.02. The average Bonchev–Trinajstić information content (AvgIpc) is 2.17. The van der Waals surface area contributed by atoms with Crippen molar-refractivity contribution in [2.45, 2.75) is 44.8 Å². The lowest BCUT2D eigenvalue weighted by Gasteiger charge is -2.23. The molecule has 1 aliphatic rings. The molecule has 13 heavy (non-hydrogen) atoms. The van der Waals surface area contributed by atoms with E-state index in [1.807, 2.05) is 7.11 Å². The van der Waals surface area contributed by atoms with E-state index in [1.54, 1.807) is 0 Å². The maximum atomic E-state index is 5.54. The van der Waals surface area contributed by atoms with Crippen molar-refractivity contribution in [1.29, 1.82) is 0 Å². The van der Waals surface area contributed by atoms with E-state index in [2.05, 4.69) is 25.2 Å². The van der Waals surface area contributed by atoms with E-state index in [-0.39, 0.29) is 0 Å². The van der Waals surface area contributed by atoms with E-state index in [4.69, 9.17) is 4.43 Å². The lowest BCUT2D eigenvalue weighted by Crippen LogP contribution is -2.28. The molecule has 0 N–H and O–H groups in total. The number of allylic oxidation sites excluding steroid dienone is 2. The molecule has 0 aliphatic heterocycles. The van der Waals surface area contributed by atoms with Gasteiger partial charge in [-0.25, -0.2) is 0 Å². The molecule has 1 unspecified atom stereocenters. The van der Waals surface area contributed by atoms with E-state index in [0.29, 0.717) is 0 Å². The quantitative estimate of drug-likeness (QED) is 0.495. The molecule has 0 spiro atoms. The van der Waals surface area contributed by atoms with Crippen molar-refractivity contribution < 1.29 is 4.43 Å². The topological polar surface area (TPSA) is 9.23 Å². The molecule has 0 bridgehead atoms. The number of hydrogen-bond acceptors (Lipinski definition) is 1. The zero-order valence-electron chi connectivity index (χ0n) is 9.18. The minimum atomic E-state index is -1.30. The van der Waals surface area contributed by atoms with Crippen LogP contribution in [-0.2, 0) is 4.43 Å². The molecule has 0 aromatic carbocycles. The molecule has 0 fully saturated rings. The lowest BCUT2D eigenvalue weighted by atomic mass is 9.94. The minimum Gasteiger partial charge on any atom is -0.420 e. The molecule has 1 rings (SSSR count). The van der Waals surface area contributed by atoms with Crippen LogP contribution in [0.5, 0.6) is 0 Å². The van der Waals surface area contributed by atoms with Gasteiger partial charge in [-0.2, -0.15) is 0 Å². The van der Waals surface area contributed by atoms with Crippen molar-refractivity contribution in [3.63, 3.8) is 0 Å². The normalized spacial score (nSPS) is 23.5. The first-order valence-electron chi connectivity index (χ1n) is 5.36. The van der Waals surface area contributed by atoms with Crippen LogP contribution in [0.3, 0.4) is 0 Å². The van der Waals surface area contributed by atoms with Gasteiger partial charge in [0.05, 0.1) is 0 Å². The van der Waals surface area contributed by atoms with Gasteiger partial charge in [-0.05, 0) is 50.7 Å². The van der Waals surface area contributed by atoms with Crippen LogP contribution < -0.4 is 0 Å². The largest absolute Gasteiger partial charge is 0.420 e. The molecule has 0 aromatic heterocycles. The van der Waals surface area contributed by atoms with Gasteiger partial charge in [-0.15, -0.1) is 0 Å². The molecule has 0 aromatic rings. The molecule has 0 saturated carbocycles. The van der Waals surface area contributed by atoms with Crippen molar-refractivity contribution in [3.05, 3.63) is 12.2 Å². The first kappa shape index (κ1) is 11.0. The Hall–Kier alpha value is -0.0831. The van der Waals surface area contributed by atoms with Crippen molar-refractivity contribution in [1.82, 2.24) is 0 Å². The van der Waals surface area contributed by atoms with Gasteiger partial charge < -0.3 is 4.43 Å². The first-order chi connectivity index (χ1) is 6.14. The summed E-state index contributed by atoms with van der Waals surface area (Å²) in [6, 6.07) is 1.30. The van der Waals surface area contributed by atoms with Crippen LogP contribution in [0.1, 0.15) is 25.7 Å².